The van der Waals surface area contributed by atoms with E-state index in [0.29, 0.717) is 12.0 Å². The van der Waals surface area contributed by atoms with Gasteiger partial charge in [-0.2, -0.15) is 0 Å². The van der Waals surface area contributed by atoms with Crippen molar-refractivity contribution in [2.45, 2.75) is 64.6 Å². The van der Waals surface area contributed by atoms with E-state index in [2.05, 4.69) is 25.4 Å². The minimum Gasteiger partial charge on any atom is -0.388 e. The van der Waals surface area contributed by atoms with E-state index in [1.807, 2.05) is 0 Å². The molecule has 0 heterocycles. The summed E-state index contributed by atoms with van der Waals surface area (Å²) in [5, 5.41) is 3.35. The zero-order chi connectivity index (χ0) is 11.5. The smallest absolute Gasteiger partial charge is 0.103 e. The van der Waals surface area contributed by atoms with Crippen molar-refractivity contribution < 1.29 is 4.39 Å². The van der Waals surface area contributed by atoms with Crippen LogP contribution in [0.3, 0.4) is 0 Å². The Labute approximate surface area is 98.5 Å². The number of hydrogen-bond acceptors (Lipinski definition) is 1. The zero-order valence-corrected chi connectivity index (χ0v) is 10.5. The summed E-state index contributed by atoms with van der Waals surface area (Å²) in [5.41, 5.74) is 1.51. The number of allylic oxidation sites excluding steroid dienone is 1. The van der Waals surface area contributed by atoms with Gasteiger partial charge in [0.15, 0.2) is 0 Å². The molecule has 2 heteroatoms. The van der Waals surface area contributed by atoms with Gasteiger partial charge in [-0.25, -0.2) is 4.39 Å². The van der Waals surface area contributed by atoms with Crippen molar-refractivity contribution in [2.75, 3.05) is 0 Å². The summed E-state index contributed by atoms with van der Waals surface area (Å²) in [6.07, 6.45) is 8.21. The van der Waals surface area contributed by atoms with Crippen molar-refractivity contribution in [3.05, 3.63) is 11.8 Å². The molecule has 3 atom stereocenters. The Kier molecular flexibility index (Phi) is 3.88. The Bertz CT molecular complexity index is 251. The normalized spacial score (nSPS) is 24.8. The SMILES string of the molecule is CC(CCC(F)C(C)C1CC1)NC=C1CC1. The summed E-state index contributed by atoms with van der Waals surface area (Å²) in [7, 11) is 0. The highest BCUT2D eigenvalue weighted by Gasteiger charge is 2.33. The summed E-state index contributed by atoms with van der Waals surface area (Å²) in [5.74, 6) is 0.973. The number of halogens is 1. The fourth-order valence-corrected chi connectivity index (χ4v) is 2.15. The topological polar surface area (TPSA) is 12.0 Å². The molecule has 0 amide bonds. The molecule has 1 N–H and O–H groups in total. The van der Waals surface area contributed by atoms with E-state index in [-0.39, 0.29) is 5.92 Å². The van der Waals surface area contributed by atoms with Gasteiger partial charge >= 0.3 is 0 Å². The van der Waals surface area contributed by atoms with Crippen LogP contribution < -0.4 is 5.32 Å². The predicted molar refractivity (Wildman–Crippen MR) is 65.9 cm³/mol. The van der Waals surface area contributed by atoms with Crippen LogP contribution in [0.4, 0.5) is 4.39 Å². The van der Waals surface area contributed by atoms with Crippen molar-refractivity contribution in [3.8, 4) is 0 Å². The van der Waals surface area contributed by atoms with E-state index in [0.717, 1.165) is 12.8 Å². The van der Waals surface area contributed by atoms with E-state index < -0.39 is 6.17 Å². The Hall–Kier alpha value is -0.530. The third-order valence-corrected chi connectivity index (χ3v) is 3.92. The maximum atomic E-state index is 13.8. The molecule has 16 heavy (non-hydrogen) atoms. The van der Waals surface area contributed by atoms with Crippen LogP contribution in [-0.2, 0) is 0 Å². The third-order valence-electron chi connectivity index (χ3n) is 3.92. The van der Waals surface area contributed by atoms with Crippen LogP contribution in [0.2, 0.25) is 0 Å². The first-order chi connectivity index (χ1) is 7.66. The second-order valence-corrected chi connectivity index (χ2v) is 5.66. The molecule has 0 aliphatic heterocycles. The van der Waals surface area contributed by atoms with E-state index in [4.69, 9.17) is 0 Å². The molecule has 1 nitrogen and oxygen atoms in total. The van der Waals surface area contributed by atoms with Crippen LogP contribution >= 0.6 is 0 Å². The van der Waals surface area contributed by atoms with Gasteiger partial charge in [0.1, 0.15) is 6.17 Å². The first-order valence-corrected chi connectivity index (χ1v) is 6.75. The van der Waals surface area contributed by atoms with Crippen molar-refractivity contribution >= 4 is 0 Å². The standard InChI is InChI=1S/C14H24FN/c1-10(16-9-12-4-5-12)3-8-14(15)11(2)13-6-7-13/h9-11,13-14,16H,3-8H2,1-2H3. The minimum absolute atomic E-state index is 0.286. The van der Waals surface area contributed by atoms with Crippen LogP contribution in [0.15, 0.2) is 11.8 Å². The van der Waals surface area contributed by atoms with Gasteiger partial charge < -0.3 is 5.32 Å². The van der Waals surface area contributed by atoms with Crippen molar-refractivity contribution in [3.63, 3.8) is 0 Å². The van der Waals surface area contributed by atoms with Crippen LogP contribution in [0, 0.1) is 11.8 Å². The maximum Gasteiger partial charge on any atom is 0.103 e. The molecule has 0 radical (unpaired) electrons. The monoisotopic (exact) mass is 225 g/mol. The number of rotatable bonds is 7. The fourth-order valence-electron chi connectivity index (χ4n) is 2.15. The molecule has 2 aliphatic rings. The quantitative estimate of drug-likeness (QED) is 0.695. The Morgan fingerprint density at radius 1 is 1.31 bits per heavy atom. The molecule has 0 aromatic heterocycles. The van der Waals surface area contributed by atoms with Crippen LogP contribution in [0.5, 0.6) is 0 Å². The first-order valence-electron chi connectivity index (χ1n) is 6.75. The van der Waals surface area contributed by atoms with Crippen molar-refractivity contribution in [1.82, 2.24) is 5.32 Å². The van der Waals surface area contributed by atoms with Gasteiger partial charge in [-0.05, 0) is 63.5 Å². The van der Waals surface area contributed by atoms with Gasteiger partial charge in [0.25, 0.3) is 0 Å². The molecule has 0 aromatic rings. The fraction of sp³-hybridized carbons (Fsp3) is 0.857. The van der Waals surface area contributed by atoms with Crippen molar-refractivity contribution in [2.24, 2.45) is 11.8 Å². The van der Waals surface area contributed by atoms with E-state index in [9.17, 15) is 4.39 Å². The lowest BCUT2D eigenvalue weighted by atomic mass is 9.95. The van der Waals surface area contributed by atoms with Gasteiger partial charge in [0.2, 0.25) is 0 Å². The lowest BCUT2D eigenvalue weighted by Crippen LogP contribution is -2.23. The molecule has 2 fully saturated rings. The Morgan fingerprint density at radius 3 is 2.56 bits per heavy atom. The largest absolute Gasteiger partial charge is 0.388 e. The van der Waals surface area contributed by atoms with E-state index >= 15 is 0 Å². The van der Waals surface area contributed by atoms with Crippen molar-refractivity contribution in [1.29, 1.82) is 0 Å². The minimum atomic E-state index is -0.592. The Balaban J connectivity index is 1.59. The summed E-state index contributed by atoms with van der Waals surface area (Å²) in [6.45, 7) is 4.22. The highest BCUT2D eigenvalue weighted by Crippen LogP contribution is 2.40. The van der Waals surface area contributed by atoms with Gasteiger partial charge in [-0.3, -0.25) is 0 Å². The lowest BCUT2D eigenvalue weighted by Gasteiger charge is -2.18. The molecule has 0 spiro atoms. The number of nitrogens with one attached hydrogen (secondary N) is 1. The second-order valence-electron chi connectivity index (χ2n) is 5.66. The third kappa shape index (κ3) is 3.80. The highest BCUT2D eigenvalue weighted by molar-refractivity contribution is 5.15. The second kappa shape index (κ2) is 5.20. The molecule has 0 aromatic carbocycles. The average Bonchev–Trinajstić information content (AvgIpc) is 3.15. The summed E-state index contributed by atoms with van der Waals surface area (Å²) >= 11 is 0. The van der Waals surface area contributed by atoms with Gasteiger partial charge in [-0.1, -0.05) is 12.5 Å². The average molecular weight is 225 g/mol. The molecular weight excluding hydrogens is 201 g/mol. The summed E-state index contributed by atoms with van der Waals surface area (Å²) in [6, 6.07) is 0.415. The molecule has 2 aliphatic carbocycles. The maximum absolute atomic E-state index is 13.8. The van der Waals surface area contributed by atoms with Gasteiger partial charge in [-0.15, -0.1) is 0 Å². The number of alkyl halides is 1. The Morgan fingerprint density at radius 2 is 2.00 bits per heavy atom. The molecule has 0 bridgehead atoms. The molecular formula is C14H24FN. The molecule has 92 valence electrons. The number of hydrogen-bond donors (Lipinski definition) is 1. The van der Waals surface area contributed by atoms with Crippen LogP contribution in [0.1, 0.15) is 52.4 Å². The van der Waals surface area contributed by atoms with Crippen LogP contribution in [-0.4, -0.2) is 12.2 Å². The lowest BCUT2D eigenvalue weighted by molar-refractivity contribution is 0.199. The van der Waals surface area contributed by atoms with Gasteiger partial charge in [0.05, 0.1) is 0 Å². The highest BCUT2D eigenvalue weighted by atomic mass is 19.1. The van der Waals surface area contributed by atoms with E-state index in [1.165, 1.54) is 31.3 Å². The van der Waals surface area contributed by atoms with Gasteiger partial charge in [0, 0.05) is 6.04 Å². The summed E-state index contributed by atoms with van der Waals surface area (Å²) < 4.78 is 13.8. The molecule has 2 saturated carbocycles. The molecule has 3 unspecified atom stereocenters. The molecule has 0 saturated heterocycles. The predicted octanol–water partition coefficient (Wildman–Crippen LogP) is 3.81. The first kappa shape index (κ1) is 11.9. The molecule has 2 rings (SSSR count). The summed E-state index contributed by atoms with van der Waals surface area (Å²) in [4.78, 5) is 0. The van der Waals surface area contributed by atoms with Crippen LogP contribution in [0.25, 0.3) is 0 Å². The zero-order valence-electron chi connectivity index (χ0n) is 10.5. The van der Waals surface area contributed by atoms with E-state index in [1.54, 1.807) is 0 Å².